The normalized spacial score (nSPS) is 11.1. The molecule has 120 valence electrons. The van der Waals surface area contributed by atoms with Crippen LogP contribution in [0.25, 0.3) is 11.0 Å². The van der Waals surface area contributed by atoms with Crippen LogP contribution in [-0.2, 0) is 18.1 Å². The van der Waals surface area contributed by atoms with E-state index < -0.39 is 0 Å². The van der Waals surface area contributed by atoms with Crippen LogP contribution in [0.15, 0.2) is 36.5 Å². The van der Waals surface area contributed by atoms with Crippen LogP contribution in [0.1, 0.15) is 16.8 Å². The molecule has 0 fully saturated rings. The number of aromatic nitrogens is 2. The third-order valence-electron chi connectivity index (χ3n) is 4.03. The van der Waals surface area contributed by atoms with E-state index in [1.54, 1.807) is 13.3 Å². The summed E-state index contributed by atoms with van der Waals surface area (Å²) in [5.74, 6) is 0.804. The van der Waals surface area contributed by atoms with Gasteiger partial charge in [-0.25, -0.2) is 0 Å². The molecule has 0 unspecified atom stereocenters. The zero-order valence-corrected chi connectivity index (χ0v) is 14.2. The molecule has 0 aliphatic heterocycles. The number of aryl methyl sites for hydroxylation is 1. The molecular weight excluding hydrogens is 312 g/mol. The number of hydrogen-bond donors (Lipinski definition) is 0. The molecule has 0 saturated carbocycles. The Morgan fingerprint density at radius 2 is 1.87 bits per heavy atom. The molecule has 0 atom stereocenters. The lowest BCUT2D eigenvalue weighted by Gasteiger charge is -2.11. The van der Waals surface area contributed by atoms with E-state index in [9.17, 15) is 0 Å². The number of halogens is 1. The van der Waals surface area contributed by atoms with E-state index in [1.165, 1.54) is 0 Å². The summed E-state index contributed by atoms with van der Waals surface area (Å²) in [5, 5.41) is 0.722. The molecule has 0 N–H and O–H groups in total. The maximum Gasteiger partial charge on any atom is 0.147 e. The van der Waals surface area contributed by atoms with Crippen LogP contribution in [0.2, 0.25) is 5.02 Å². The highest BCUT2D eigenvalue weighted by atomic mass is 35.5. The molecule has 3 aromatic rings. The van der Waals surface area contributed by atoms with Gasteiger partial charge in [-0.15, -0.1) is 0 Å². The van der Waals surface area contributed by atoms with Gasteiger partial charge in [-0.1, -0.05) is 23.7 Å². The summed E-state index contributed by atoms with van der Waals surface area (Å²) in [4.78, 5) is 4.50. The smallest absolute Gasteiger partial charge is 0.147 e. The Labute approximate surface area is 140 Å². The molecule has 0 aliphatic carbocycles. The summed E-state index contributed by atoms with van der Waals surface area (Å²) >= 11 is 5.92. The maximum absolute atomic E-state index is 6.04. The Balaban J connectivity index is 1.97. The van der Waals surface area contributed by atoms with E-state index in [4.69, 9.17) is 21.1 Å². The van der Waals surface area contributed by atoms with Gasteiger partial charge in [-0.2, -0.15) is 0 Å². The van der Waals surface area contributed by atoms with Crippen LogP contribution in [-0.4, -0.2) is 16.7 Å². The minimum absolute atomic E-state index is 0.471. The van der Waals surface area contributed by atoms with Crippen molar-refractivity contribution >= 4 is 22.6 Å². The second kappa shape index (κ2) is 6.60. The van der Waals surface area contributed by atoms with Crippen LogP contribution < -0.4 is 4.74 Å². The van der Waals surface area contributed by atoms with E-state index in [-0.39, 0.29) is 0 Å². The Kier molecular flexibility index (Phi) is 4.55. The van der Waals surface area contributed by atoms with Crippen LogP contribution in [0.5, 0.6) is 5.75 Å². The van der Waals surface area contributed by atoms with E-state index >= 15 is 0 Å². The molecule has 3 rings (SSSR count). The van der Waals surface area contributed by atoms with E-state index in [0.29, 0.717) is 13.3 Å². The van der Waals surface area contributed by atoms with Gasteiger partial charge in [0.15, 0.2) is 0 Å². The van der Waals surface area contributed by atoms with Gasteiger partial charge in [0.2, 0.25) is 0 Å². The molecule has 0 aliphatic rings. The zero-order valence-electron chi connectivity index (χ0n) is 13.5. The summed E-state index contributed by atoms with van der Waals surface area (Å²) in [6.07, 6.45) is 1.78. The zero-order chi connectivity index (χ0) is 16.4. The topological polar surface area (TPSA) is 36.3 Å². The minimum Gasteiger partial charge on any atom is -0.487 e. The quantitative estimate of drug-likeness (QED) is 0.691. The van der Waals surface area contributed by atoms with Crippen molar-refractivity contribution in [3.63, 3.8) is 0 Å². The summed E-state index contributed by atoms with van der Waals surface area (Å²) < 4.78 is 13.5. The van der Waals surface area contributed by atoms with Crippen molar-refractivity contribution in [1.29, 1.82) is 0 Å². The van der Waals surface area contributed by atoms with E-state index in [1.807, 2.05) is 30.3 Å². The van der Waals surface area contributed by atoms with Crippen molar-refractivity contribution in [3.05, 3.63) is 58.4 Å². The monoisotopic (exact) mass is 330 g/mol. The number of rotatable bonds is 5. The first-order chi connectivity index (χ1) is 11.1. The average Bonchev–Trinajstić information content (AvgIpc) is 2.80. The van der Waals surface area contributed by atoms with Gasteiger partial charge in [-0.3, -0.25) is 4.98 Å². The van der Waals surface area contributed by atoms with Gasteiger partial charge < -0.3 is 14.0 Å². The van der Waals surface area contributed by atoms with Crippen LogP contribution in [0, 0.1) is 13.8 Å². The highest BCUT2D eigenvalue weighted by Crippen LogP contribution is 2.31. The lowest BCUT2D eigenvalue weighted by Crippen LogP contribution is -2.04. The highest BCUT2D eigenvalue weighted by Gasteiger charge is 2.16. The van der Waals surface area contributed by atoms with Gasteiger partial charge in [0.25, 0.3) is 0 Å². The molecule has 23 heavy (non-hydrogen) atoms. The molecule has 0 spiro atoms. The molecule has 4 nitrogen and oxygen atoms in total. The molecule has 0 amide bonds. The average molecular weight is 331 g/mol. The lowest BCUT2D eigenvalue weighted by atomic mass is 10.2. The van der Waals surface area contributed by atoms with Crippen molar-refractivity contribution < 1.29 is 9.47 Å². The Morgan fingerprint density at radius 3 is 2.57 bits per heavy atom. The maximum atomic E-state index is 6.04. The fraction of sp³-hybridized carbons (Fsp3) is 0.278. The van der Waals surface area contributed by atoms with Gasteiger partial charge in [0, 0.05) is 30.1 Å². The minimum atomic E-state index is 0.471. The standard InChI is InChI=1S/C18H19ClN2O2/c1-12-13(2)21(11-22-3)18-16(8-9-20-17(12)18)23-10-14-4-6-15(19)7-5-14/h4-9H,10-11H2,1-3H3. The third-order valence-corrected chi connectivity index (χ3v) is 4.28. The number of hydrogen-bond acceptors (Lipinski definition) is 3. The first kappa shape index (κ1) is 15.8. The highest BCUT2D eigenvalue weighted by molar-refractivity contribution is 6.30. The molecule has 1 aromatic carbocycles. The summed E-state index contributed by atoms with van der Waals surface area (Å²) in [6, 6.07) is 9.55. The van der Waals surface area contributed by atoms with Crippen molar-refractivity contribution in [3.8, 4) is 5.75 Å². The van der Waals surface area contributed by atoms with Gasteiger partial charge in [-0.05, 0) is 37.1 Å². The van der Waals surface area contributed by atoms with Crippen molar-refractivity contribution in [2.75, 3.05) is 7.11 Å². The summed E-state index contributed by atoms with van der Waals surface area (Å²) in [7, 11) is 1.69. The number of fused-ring (bicyclic) bond motifs is 1. The first-order valence-corrected chi connectivity index (χ1v) is 7.80. The number of benzene rings is 1. The largest absolute Gasteiger partial charge is 0.487 e. The predicted octanol–water partition coefficient (Wildman–Crippen LogP) is 4.49. The predicted molar refractivity (Wildman–Crippen MR) is 92.0 cm³/mol. The molecule has 2 aromatic heterocycles. The molecule has 0 saturated heterocycles. The van der Waals surface area contributed by atoms with Crippen LogP contribution >= 0.6 is 11.6 Å². The Hall–Kier alpha value is -2.04. The van der Waals surface area contributed by atoms with Gasteiger partial charge >= 0.3 is 0 Å². The number of nitrogens with zero attached hydrogens (tertiary/aromatic N) is 2. The van der Waals surface area contributed by atoms with Crippen LogP contribution in [0.4, 0.5) is 0 Å². The molecule has 2 heterocycles. The number of methoxy groups -OCH3 is 1. The third kappa shape index (κ3) is 3.05. The summed E-state index contributed by atoms with van der Waals surface area (Å²) in [6.45, 7) is 5.09. The Bertz CT molecular complexity index is 825. The number of pyridine rings is 1. The van der Waals surface area contributed by atoms with Crippen molar-refractivity contribution in [2.45, 2.75) is 27.2 Å². The molecule has 0 radical (unpaired) electrons. The molecule has 5 heteroatoms. The van der Waals surface area contributed by atoms with Gasteiger partial charge in [0.1, 0.15) is 24.6 Å². The fourth-order valence-electron chi connectivity index (χ4n) is 2.66. The lowest BCUT2D eigenvalue weighted by molar-refractivity contribution is 0.132. The van der Waals surface area contributed by atoms with Crippen LogP contribution in [0.3, 0.4) is 0 Å². The van der Waals surface area contributed by atoms with E-state index in [2.05, 4.69) is 23.4 Å². The van der Waals surface area contributed by atoms with Crippen molar-refractivity contribution in [2.24, 2.45) is 0 Å². The van der Waals surface area contributed by atoms with Crippen molar-refractivity contribution in [1.82, 2.24) is 9.55 Å². The Morgan fingerprint density at radius 1 is 1.13 bits per heavy atom. The first-order valence-electron chi connectivity index (χ1n) is 7.42. The molecular formula is C18H19ClN2O2. The second-order valence-corrected chi connectivity index (χ2v) is 5.91. The fourth-order valence-corrected chi connectivity index (χ4v) is 2.79. The summed E-state index contributed by atoms with van der Waals surface area (Å²) in [5.41, 5.74) is 5.27. The second-order valence-electron chi connectivity index (χ2n) is 5.48. The van der Waals surface area contributed by atoms with Gasteiger partial charge in [0.05, 0.1) is 5.52 Å². The van der Waals surface area contributed by atoms with E-state index in [0.717, 1.165) is 38.6 Å². The SMILES string of the molecule is COCn1c(C)c(C)c2nccc(OCc3ccc(Cl)cc3)c21. The molecule has 0 bridgehead atoms. The number of ether oxygens (including phenoxy) is 2.